The van der Waals surface area contributed by atoms with Crippen molar-refractivity contribution in [3.8, 4) is 0 Å². The predicted molar refractivity (Wildman–Crippen MR) is 112 cm³/mol. The second kappa shape index (κ2) is 10.5. The zero-order valence-corrected chi connectivity index (χ0v) is 17.4. The van der Waals surface area contributed by atoms with Crippen LogP contribution >= 0.6 is 23.5 Å². The number of carbonyl (C=O) groups excluding carboxylic acids is 1. The standard InChI is InChI=1S/C22H26O2S2/c1-16(2)21(24-18(4)23)15-17(3)22(25-19-11-7-5-8-12-19)26-20-13-9-6-10-14-20/h5-14,16,21H,15H2,1-4H3/t21-/m1/s1. The number of carbonyl (C=O) groups is 1. The maximum absolute atomic E-state index is 11.4. The molecule has 0 aliphatic rings. The van der Waals surface area contributed by atoms with Gasteiger partial charge in [0, 0.05) is 27.4 Å². The van der Waals surface area contributed by atoms with Gasteiger partial charge in [-0.3, -0.25) is 4.79 Å². The molecule has 2 nitrogen and oxygen atoms in total. The monoisotopic (exact) mass is 386 g/mol. The number of esters is 1. The maximum Gasteiger partial charge on any atom is 0.302 e. The molecule has 0 spiro atoms. The molecule has 0 amide bonds. The Morgan fingerprint density at radius 3 is 1.73 bits per heavy atom. The van der Waals surface area contributed by atoms with Gasteiger partial charge in [-0.05, 0) is 42.7 Å². The Hall–Kier alpha value is -1.65. The van der Waals surface area contributed by atoms with Gasteiger partial charge in [0.25, 0.3) is 0 Å². The van der Waals surface area contributed by atoms with Crippen LogP contribution in [0.4, 0.5) is 0 Å². The molecule has 0 fully saturated rings. The Morgan fingerprint density at radius 2 is 1.35 bits per heavy atom. The lowest BCUT2D eigenvalue weighted by Gasteiger charge is -2.22. The molecule has 0 aromatic heterocycles. The number of benzene rings is 2. The van der Waals surface area contributed by atoms with Crippen molar-refractivity contribution in [3.05, 3.63) is 70.5 Å². The Morgan fingerprint density at radius 1 is 0.885 bits per heavy atom. The second-order valence-corrected chi connectivity index (χ2v) is 8.92. The lowest BCUT2D eigenvalue weighted by atomic mass is 10.0. The quantitative estimate of drug-likeness (QED) is 0.369. The van der Waals surface area contributed by atoms with Gasteiger partial charge in [0.1, 0.15) is 6.10 Å². The van der Waals surface area contributed by atoms with Crippen LogP contribution in [0.15, 0.2) is 80.3 Å². The highest BCUT2D eigenvalue weighted by molar-refractivity contribution is 8.22. The van der Waals surface area contributed by atoms with Crippen LogP contribution in [-0.2, 0) is 9.53 Å². The van der Waals surface area contributed by atoms with Crippen molar-refractivity contribution in [2.45, 2.75) is 50.0 Å². The van der Waals surface area contributed by atoms with Crippen molar-refractivity contribution in [2.24, 2.45) is 5.92 Å². The highest BCUT2D eigenvalue weighted by atomic mass is 32.2. The number of ether oxygens (including phenoxy) is 1. The smallest absolute Gasteiger partial charge is 0.302 e. The first kappa shape index (κ1) is 20.7. The first-order chi connectivity index (χ1) is 12.5. The highest BCUT2D eigenvalue weighted by Gasteiger charge is 2.19. The Bertz CT molecular complexity index is 681. The van der Waals surface area contributed by atoms with Crippen LogP contribution in [0, 0.1) is 5.92 Å². The van der Waals surface area contributed by atoms with Gasteiger partial charge in [-0.25, -0.2) is 0 Å². The SMILES string of the molecule is CC(=O)O[C@H](CC(C)=C(Sc1ccccc1)Sc1ccccc1)C(C)C. The third-order valence-corrected chi connectivity index (χ3v) is 6.41. The lowest BCUT2D eigenvalue weighted by Crippen LogP contribution is -2.22. The van der Waals surface area contributed by atoms with Crippen molar-refractivity contribution in [2.75, 3.05) is 0 Å². The minimum Gasteiger partial charge on any atom is -0.462 e. The van der Waals surface area contributed by atoms with E-state index >= 15 is 0 Å². The molecule has 2 aromatic carbocycles. The van der Waals surface area contributed by atoms with Crippen LogP contribution in [0.2, 0.25) is 0 Å². The van der Waals surface area contributed by atoms with Crippen molar-refractivity contribution >= 4 is 29.5 Å². The molecule has 1 atom stereocenters. The minimum atomic E-state index is -0.218. The number of rotatable bonds is 8. The summed E-state index contributed by atoms with van der Waals surface area (Å²) in [7, 11) is 0. The third kappa shape index (κ3) is 6.93. The average molecular weight is 387 g/mol. The van der Waals surface area contributed by atoms with Gasteiger partial charge in [0.2, 0.25) is 0 Å². The van der Waals surface area contributed by atoms with Crippen molar-refractivity contribution in [1.29, 1.82) is 0 Å². The number of thioether (sulfide) groups is 2. The van der Waals surface area contributed by atoms with E-state index in [1.807, 2.05) is 12.1 Å². The summed E-state index contributed by atoms with van der Waals surface area (Å²) in [5, 5.41) is 0. The first-order valence-corrected chi connectivity index (χ1v) is 10.4. The van der Waals surface area contributed by atoms with Gasteiger partial charge in [-0.2, -0.15) is 0 Å². The summed E-state index contributed by atoms with van der Waals surface area (Å²) in [5.74, 6) is 0.0584. The van der Waals surface area contributed by atoms with E-state index in [4.69, 9.17) is 4.74 Å². The molecule has 0 bridgehead atoms. The van der Waals surface area contributed by atoms with Gasteiger partial charge >= 0.3 is 5.97 Å². The normalized spacial score (nSPS) is 11.9. The minimum absolute atomic E-state index is 0.102. The van der Waals surface area contributed by atoms with E-state index in [-0.39, 0.29) is 18.0 Å². The Kier molecular flexibility index (Phi) is 8.33. The average Bonchev–Trinajstić information content (AvgIpc) is 2.62. The first-order valence-electron chi connectivity index (χ1n) is 8.78. The number of hydrogen-bond donors (Lipinski definition) is 0. The zero-order chi connectivity index (χ0) is 18.9. The molecule has 0 aliphatic heterocycles. The van der Waals surface area contributed by atoms with E-state index in [0.717, 1.165) is 6.42 Å². The molecule has 0 saturated carbocycles. The van der Waals surface area contributed by atoms with E-state index in [0.29, 0.717) is 0 Å². The van der Waals surface area contributed by atoms with Gasteiger partial charge < -0.3 is 4.74 Å². The Labute approximate surface area is 165 Å². The molecule has 0 aliphatic carbocycles. The number of hydrogen-bond acceptors (Lipinski definition) is 4. The summed E-state index contributed by atoms with van der Waals surface area (Å²) in [6, 6.07) is 20.8. The molecule has 4 heteroatoms. The van der Waals surface area contributed by atoms with Gasteiger partial charge in [-0.1, -0.05) is 73.8 Å². The van der Waals surface area contributed by atoms with Crippen LogP contribution in [0.5, 0.6) is 0 Å². The Balaban J connectivity index is 2.26. The van der Waals surface area contributed by atoms with Gasteiger partial charge in [0.15, 0.2) is 0 Å². The van der Waals surface area contributed by atoms with Gasteiger partial charge in [0.05, 0.1) is 0 Å². The van der Waals surface area contributed by atoms with E-state index in [9.17, 15) is 4.79 Å². The molecule has 2 aromatic rings. The molecule has 0 N–H and O–H groups in total. The van der Waals surface area contributed by atoms with E-state index in [1.165, 1.54) is 26.5 Å². The maximum atomic E-state index is 11.4. The summed E-state index contributed by atoms with van der Waals surface area (Å²) in [6.45, 7) is 7.80. The van der Waals surface area contributed by atoms with Crippen molar-refractivity contribution in [3.63, 3.8) is 0 Å². The van der Waals surface area contributed by atoms with Crippen LogP contribution in [0.25, 0.3) is 0 Å². The highest BCUT2D eigenvalue weighted by Crippen LogP contribution is 2.42. The van der Waals surface area contributed by atoms with E-state index in [1.54, 1.807) is 23.5 Å². The van der Waals surface area contributed by atoms with Crippen molar-refractivity contribution in [1.82, 2.24) is 0 Å². The molecule has 0 unspecified atom stereocenters. The topological polar surface area (TPSA) is 26.3 Å². The van der Waals surface area contributed by atoms with E-state index in [2.05, 4.69) is 69.3 Å². The summed E-state index contributed by atoms with van der Waals surface area (Å²) in [5.41, 5.74) is 1.24. The van der Waals surface area contributed by atoms with Gasteiger partial charge in [-0.15, -0.1) is 0 Å². The molecule has 138 valence electrons. The third-order valence-electron chi connectivity index (χ3n) is 3.82. The summed E-state index contributed by atoms with van der Waals surface area (Å²) >= 11 is 3.53. The summed E-state index contributed by atoms with van der Waals surface area (Å²) in [6.07, 6.45) is 0.641. The van der Waals surface area contributed by atoms with Crippen LogP contribution < -0.4 is 0 Å². The predicted octanol–water partition coefficient (Wildman–Crippen LogP) is 6.78. The zero-order valence-electron chi connectivity index (χ0n) is 15.8. The molecule has 0 heterocycles. The summed E-state index contributed by atoms with van der Waals surface area (Å²) < 4.78 is 6.78. The molecule has 0 radical (unpaired) electrons. The van der Waals surface area contributed by atoms with E-state index < -0.39 is 0 Å². The molecular formula is C22H26O2S2. The van der Waals surface area contributed by atoms with Crippen molar-refractivity contribution < 1.29 is 9.53 Å². The van der Waals surface area contributed by atoms with Crippen LogP contribution in [-0.4, -0.2) is 12.1 Å². The lowest BCUT2D eigenvalue weighted by molar-refractivity contribution is -0.148. The summed E-state index contributed by atoms with van der Waals surface area (Å²) in [4.78, 5) is 13.9. The van der Waals surface area contributed by atoms with Crippen LogP contribution in [0.1, 0.15) is 34.1 Å². The fourth-order valence-corrected chi connectivity index (χ4v) is 4.67. The largest absolute Gasteiger partial charge is 0.462 e. The molecule has 26 heavy (non-hydrogen) atoms. The van der Waals surface area contributed by atoms with Crippen LogP contribution in [0.3, 0.4) is 0 Å². The molecule has 2 rings (SSSR count). The molecular weight excluding hydrogens is 360 g/mol. The fourth-order valence-electron chi connectivity index (χ4n) is 2.40. The molecule has 0 saturated heterocycles. The second-order valence-electron chi connectivity index (χ2n) is 6.49. The fraction of sp³-hybridized carbons (Fsp3) is 0.318.